The summed E-state index contributed by atoms with van der Waals surface area (Å²) in [6, 6.07) is 8.34. The van der Waals surface area contributed by atoms with Crippen molar-refractivity contribution in [1.82, 2.24) is 15.1 Å². The molecule has 24 heavy (non-hydrogen) atoms. The van der Waals surface area contributed by atoms with Gasteiger partial charge in [0, 0.05) is 44.9 Å². The number of ether oxygens (including phenoxy) is 1. The lowest BCUT2D eigenvalue weighted by molar-refractivity contribution is 0.401. The van der Waals surface area contributed by atoms with Gasteiger partial charge in [0.05, 0.1) is 12.8 Å². The molecular weight excluding hydrogens is 300 g/mol. The molecule has 0 saturated heterocycles. The summed E-state index contributed by atoms with van der Waals surface area (Å²) in [5, 5.41) is 8.36. The smallest absolute Gasteiger partial charge is 0.130 e. The third-order valence-corrected chi connectivity index (χ3v) is 4.30. The van der Waals surface area contributed by atoms with Gasteiger partial charge in [-0.1, -0.05) is 32.0 Å². The first kappa shape index (κ1) is 18.3. The van der Waals surface area contributed by atoms with E-state index in [1.54, 1.807) is 7.11 Å². The lowest BCUT2D eigenvalue weighted by atomic mass is 10.0. The number of aromatic nitrogens is 2. The quantitative estimate of drug-likeness (QED) is 0.844. The van der Waals surface area contributed by atoms with Gasteiger partial charge < -0.3 is 15.0 Å². The number of nitrogens with one attached hydrogen (secondary N) is 1. The molecule has 0 saturated carbocycles. The predicted molar refractivity (Wildman–Crippen MR) is 99.9 cm³/mol. The number of hydrogen-bond acceptors (Lipinski definition) is 4. The SMILES string of the molecule is COc1ccccc1C(C)NCc1c(C(C)C)nn(C)c1N(C)C. The minimum Gasteiger partial charge on any atom is -0.496 e. The minimum absolute atomic E-state index is 0.191. The Hall–Kier alpha value is -2.01. The Morgan fingerprint density at radius 2 is 1.88 bits per heavy atom. The van der Waals surface area contributed by atoms with Crippen molar-refractivity contribution in [3.63, 3.8) is 0 Å². The van der Waals surface area contributed by atoms with Gasteiger partial charge >= 0.3 is 0 Å². The van der Waals surface area contributed by atoms with Crippen LogP contribution in [0.2, 0.25) is 0 Å². The second-order valence-electron chi connectivity index (χ2n) is 6.70. The Labute approximate surface area is 145 Å². The summed E-state index contributed by atoms with van der Waals surface area (Å²) in [7, 11) is 7.85. The topological polar surface area (TPSA) is 42.3 Å². The van der Waals surface area contributed by atoms with E-state index < -0.39 is 0 Å². The number of para-hydroxylation sites is 1. The van der Waals surface area contributed by atoms with Gasteiger partial charge in [-0.3, -0.25) is 4.68 Å². The summed E-state index contributed by atoms with van der Waals surface area (Å²) in [4.78, 5) is 2.13. The lowest BCUT2D eigenvalue weighted by Gasteiger charge is -2.20. The predicted octanol–water partition coefficient (Wildman–Crippen LogP) is 3.47. The standard InChI is InChI=1S/C19H30N4O/c1-13(2)18-16(19(22(4)5)23(6)21-18)12-20-14(3)15-10-8-9-11-17(15)24-7/h8-11,13-14,20H,12H2,1-7H3. The molecule has 2 rings (SSSR count). The van der Waals surface area contributed by atoms with Crippen LogP contribution in [0.3, 0.4) is 0 Å². The highest BCUT2D eigenvalue weighted by Gasteiger charge is 2.20. The highest BCUT2D eigenvalue weighted by atomic mass is 16.5. The van der Waals surface area contributed by atoms with Crippen molar-refractivity contribution in [2.24, 2.45) is 7.05 Å². The van der Waals surface area contributed by atoms with E-state index in [0.717, 1.165) is 23.8 Å². The van der Waals surface area contributed by atoms with Crippen LogP contribution in [0.15, 0.2) is 24.3 Å². The number of benzene rings is 1. The average molecular weight is 330 g/mol. The Kier molecular flexibility index (Phi) is 5.89. The van der Waals surface area contributed by atoms with Crippen molar-refractivity contribution in [3.8, 4) is 5.75 Å². The molecule has 0 amide bonds. The van der Waals surface area contributed by atoms with Crippen LogP contribution < -0.4 is 15.0 Å². The summed E-state index contributed by atoms with van der Waals surface area (Å²) in [5.74, 6) is 2.46. The normalized spacial score (nSPS) is 12.5. The molecule has 0 spiro atoms. The molecule has 1 atom stereocenters. The summed E-state index contributed by atoms with van der Waals surface area (Å²) in [6.07, 6.45) is 0. The molecule has 0 radical (unpaired) electrons. The maximum atomic E-state index is 5.48. The number of rotatable bonds is 7. The van der Waals surface area contributed by atoms with Gasteiger partial charge in [-0.2, -0.15) is 5.10 Å². The molecule has 5 heteroatoms. The Morgan fingerprint density at radius 1 is 1.21 bits per heavy atom. The largest absolute Gasteiger partial charge is 0.496 e. The first-order valence-electron chi connectivity index (χ1n) is 8.46. The zero-order valence-corrected chi connectivity index (χ0v) is 15.9. The van der Waals surface area contributed by atoms with Crippen LogP contribution in [0.4, 0.5) is 5.82 Å². The zero-order valence-electron chi connectivity index (χ0n) is 15.9. The van der Waals surface area contributed by atoms with Crippen LogP contribution >= 0.6 is 0 Å². The Bertz CT molecular complexity index is 676. The fraction of sp³-hybridized carbons (Fsp3) is 0.526. The number of anilines is 1. The van der Waals surface area contributed by atoms with E-state index >= 15 is 0 Å². The number of aryl methyl sites for hydroxylation is 1. The van der Waals surface area contributed by atoms with E-state index in [0.29, 0.717) is 5.92 Å². The molecule has 0 aliphatic carbocycles. The first-order valence-corrected chi connectivity index (χ1v) is 8.46. The molecule has 1 N–H and O–H groups in total. The molecule has 0 aliphatic heterocycles. The maximum absolute atomic E-state index is 5.48. The van der Waals surface area contributed by atoms with E-state index in [9.17, 15) is 0 Å². The minimum atomic E-state index is 0.191. The van der Waals surface area contributed by atoms with Crippen LogP contribution in [0.5, 0.6) is 5.75 Å². The van der Waals surface area contributed by atoms with Crippen LogP contribution in [-0.4, -0.2) is 31.0 Å². The van der Waals surface area contributed by atoms with Crippen LogP contribution in [0, 0.1) is 0 Å². The van der Waals surface area contributed by atoms with Crippen LogP contribution in [0.25, 0.3) is 0 Å². The Morgan fingerprint density at radius 3 is 2.46 bits per heavy atom. The van der Waals surface area contributed by atoms with E-state index in [-0.39, 0.29) is 6.04 Å². The lowest BCUT2D eigenvalue weighted by Crippen LogP contribution is -2.22. The second-order valence-corrected chi connectivity index (χ2v) is 6.70. The van der Waals surface area contributed by atoms with Gasteiger partial charge in [0.1, 0.15) is 11.6 Å². The second kappa shape index (κ2) is 7.71. The van der Waals surface area contributed by atoms with E-state index in [4.69, 9.17) is 9.84 Å². The zero-order chi connectivity index (χ0) is 17.9. The van der Waals surface area contributed by atoms with Gasteiger partial charge in [-0.25, -0.2) is 0 Å². The number of hydrogen-bond donors (Lipinski definition) is 1. The highest BCUT2D eigenvalue weighted by molar-refractivity contribution is 5.50. The van der Waals surface area contributed by atoms with Crippen LogP contribution in [-0.2, 0) is 13.6 Å². The molecule has 0 fully saturated rings. The van der Waals surface area contributed by atoms with Crippen LogP contribution in [0.1, 0.15) is 49.6 Å². The monoisotopic (exact) mass is 330 g/mol. The highest BCUT2D eigenvalue weighted by Crippen LogP contribution is 2.29. The van der Waals surface area contributed by atoms with Crippen molar-refractivity contribution >= 4 is 5.82 Å². The molecular formula is C19H30N4O. The van der Waals surface area contributed by atoms with Crippen molar-refractivity contribution in [2.75, 3.05) is 26.1 Å². The molecule has 1 aromatic heterocycles. The third kappa shape index (κ3) is 3.73. The summed E-state index contributed by atoms with van der Waals surface area (Å²) < 4.78 is 7.45. The van der Waals surface area contributed by atoms with E-state index in [1.807, 2.05) is 29.9 Å². The molecule has 1 aromatic carbocycles. The van der Waals surface area contributed by atoms with Crippen molar-refractivity contribution in [2.45, 2.75) is 39.3 Å². The summed E-state index contributed by atoms with van der Waals surface area (Å²) in [6.45, 7) is 7.32. The molecule has 0 bridgehead atoms. The van der Waals surface area contributed by atoms with Crippen molar-refractivity contribution in [3.05, 3.63) is 41.1 Å². The average Bonchev–Trinajstić information content (AvgIpc) is 2.89. The van der Waals surface area contributed by atoms with Crippen molar-refractivity contribution < 1.29 is 4.74 Å². The van der Waals surface area contributed by atoms with E-state index in [1.165, 1.54) is 11.1 Å². The van der Waals surface area contributed by atoms with Gasteiger partial charge in [0.15, 0.2) is 0 Å². The van der Waals surface area contributed by atoms with Gasteiger partial charge in [-0.15, -0.1) is 0 Å². The fourth-order valence-electron chi connectivity index (χ4n) is 3.16. The summed E-state index contributed by atoms with van der Waals surface area (Å²) in [5.41, 5.74) is 3.58. The molecule has 1 heterocycles. The van der Waals surface area contributed by atoms with E-state index in [2.05, 4.69) is 51.1 Å². The van der Waals surface area contributed by atoms with Gasteiger partial charge in [0.2, 0.25) is 0 Å². The van der Waals surface area contributed by atoms with Crippen molar-refractivity contribution in [1.29, 1.82) is 0 Å². The maximum Gasteiger partial charge on any atom is 0.130 e. The first-order chi connectivity index (χ1) is 11.4. The number of nitrogens with zero attached hydrogens (tertiary/aromatic N) is 3. The molecule has 5 nitrogen and oxygen atoms in total. The fourth-order valence-corrected chi connectivity index (χ4v) is 3.16. The Balaban J connectivity index is 2.25. The molecule has 2 aromatic rings. The molecule has 1 unspecified atom stereocenters. The van der Waals surface area contributed by atoms with Gasteiger partial charge in [-0.05, 0) is 18.9 Å². The van der Waals surface area contributed by atoms with Gasteiger partial charge in [0.25, 0.3) is 0 Å². The molecule has 0 aliphatic rings. The number of methoxy groups -OCH3 is 1. The summed E-state index contributed by atoms with van der Waals surface area (Å²) >= 11 is 0. The molecule has 132 valence electrons. The third-order valence-electron chi connectivity index (χ3n) is 4.30.